The van der Waals surface area contributed by atoms with Gasteiger partial charge in [0, 0.05) is 5.56 Å². The summed E-state index contributed by atoms with van der Waals surface area (Å²) in [4.78, 5) is 0. The predicted octanol–water partition coefficient (Wildman–Crippen LogP) is 5.36. The van der Waals surface area contributed by atoms with E-state index in [1.165, 1.54) is 22.3 Å². The minimum atomic E-state index is 0.372. The number of para-hydroxylation sites is 1. The first-order valence-electron chi connectivity index (χ1n) is 7.92. The molecule has 0 saturated carbocycles. The van der Waals surface area contributed by atoms with E-state index < -0.39 is 0 Å². The standard InChI is InChI=1S/C22H18O/c1-2-7-15-9-5-13-20(22(15)23)19-12-6-11-18-17-10-4-3-8-16(17)14-21(18)19/h2-6,8-13,23H,1,7,14H2. The molecular weight excluding hydrogens is 280 g/mol. The minimum absolute atomic E-state index is 0.372. The molecular formula is C22H18O. The van der Waals surface area contributed by atoms with Crippen LogP contribution in [0.15, 0.2) is 73.3 Å². The molecule has 1 aliphatic carbocycles. The number of allylic oxidation sites excluding steroid dienone is 1. The Bertz CT molecular complexity index is 906. The Hall–Kier alpha value is -2.80. The van der Waals surface area contributed by atoms with Crippen LogP contribution >= 0.6 is 0 Å². The second kappa shape index (κ2) is 5.44. The number of phenolic OH excluding ortho intramolecular Hbond substituents is 1. The smallest absolute Gasteiger partial charge is 0.126 e. The van der Waals surface area contributed by atoms with Crippen molar-refractivity contribution >= 4 is 0 Å². The molecule has 0 fully saturated rings. The van der Waals surface area contributed by atoms with Gasteiger partial charge in [0.25, 0.3) is 0 Å². The SMILES string of the molecule is C=CCc1cccc(-c2cccc3c2Cc2ccccc2-3)c1O. The van der Waals surface area contributed by atoms with Crippen LogP contribution in [-0.2, 0) is 12.8 Å². The maximum Gasteiger partial charge on any atom is 0.126 e. The van der Waals surface area contributed by atoms with Crippen molar-refractivity contribution in [2.75, 3.05) is 0 Å². The first kappa shape index (κ1) is 13.8. The monoisotopic (exact) mass is 298 g/mol. The Kier molecular flexibility index (Phi) is 3.27. The van der Waals surface area contributed by atoms with Crippen LogP contribution in [0, 0.1) is 0 Å². The second-order valence-electron chi connectivity index (χ2n) is 5.97. The van der Waals surface area contributed by atoms with Crippen molar-refractivity contribution in [2.24, 2.45) is 0 Å². The van der Waals surface area contributed by atoms with Crippen LogP contribution < -0.4 is 0 Å². The molecule has 1 aliphatic rings. The molecule has 0 heterocycles. The average molecular weight is 298 g/mol. The highest BCUT2D eigenvalue weighted by molar-refractivity contribution is 5.86. The van der Waals surface area contributed by atoms with E-state index in [2.05, 4.69) is 49.0 Å². The van der Waals surface area contributed by atoms with Gasteiger partial charge in [-0.05, 0) is 46.2 Å². The van der Waals surface area contributed by atoms with Gasteiger partial charge in [0.15, 0.2) is 0 Å². The highest BCUT2D eigenvalue weighted by Gasteiger charge is 2.22. The molecule has 0 aromatic heterocycles. The number of hydrogen-bond acceptors (Lipinski definition) is 1. The lowest BCUT2D eigenvalue weighted by atomic mass is 9.93. The van der Waals surface area contributed by atoms with Crippen molar-refractivity contribution in [1.29, 1.82) is 0 Å². The van der Waals surface area contributed by atoms with Crippen molar-refractivity contribution in [3.05, 3.63) is 90.0 Å². The first-order chi connectivity index (χ1) is 11.3. The number of phenols is 1. The van der Waals surface area contributed by atoms with E-state index in [1.807, 2.05) is 24.3 Å². The van der Waals surface area contributed by atoms with Gasteiger partial charge in [0.2, 0.25) is 0 Å². The molecule has 0 aliphatic heterocycles. The van der Waals surface area contributed by atoms with Gasteiger partial charge in [0.05, 0.1) is 0 Å². The van der Waals surface area contributed by atoms with Crippen LogP contribution in [0.5, 0.6) is 5.75 Å². The Labute approximate surface area is 136 Å². The van der Waals surface area contributed by atoms with E-state index >= 15 is 0 Å². The molecule has 1 N–H and O–H groups in total. The van der Waals surface area contributed by atoms with Crippen LogP contribution in [0.25, 0.3) is 22.3 Å². The van der Waals surface area contributed by atoms with E-state index in [9.17, 15) is 5.11 Å². The fourth-order valence-corrected chi connectivity index (χ4v) is 3.54. The quantitative estimate of drug-likeness (QED) is 0.505. The van der Waals surface area contributed by atoms with E-state index in [0.29, 0.717) is 12.2 Å². The maximum atomic E-state index is 10.7. The Morgan fingerprint density at radius 1 is 0.826 bits per heavy atom. The van der Waals surface area contributed by atoms with Gasteiger partial charge in [-0.2, -0.15) is 0 Å². The van der Waals surface area contributed by atoms with Crippen molar-refractivity contribution in [1.82, 2.24) is 0 Å². The largest absolute Gasteiger partial charge is 0.507 e. The molecule has 3 aromatic carbocycles. The molecule has 0 saturated heterocycles. The Balaban J connectivity index is 1.90. The van der Waals surface area contributed by atoms with Gasteiger partial charge in [-0.25, -0.2) is 0 Å². The predicted molar refractivity (Wildman–Crippen MR) is 95.7 cm³/mol. The summed E-state index contributed by atoms with van der Waals surface area (Å²) < 4.78 is 0. The van der Waals surface area contributed by atoms with E-state index in [0.717, 1.165) is 23.1 Å². The lowest BCUT2D eigenvalue weighted by Crippen LogP contribution is -1.91. The highest BCUT2D eigenvalue weighted by atomic mass is 16.3. The molecule has 0 radical (unpaired) electrons. The molecule has 0 bridgehead atoms. The number of aromatic hydroxyl groups is 1. The summed E-state index contributed by atoms with van der Waals surface area (Å²) in [5.74, 6) is 0.372. The lowest BCUT2D eigenvalue weighted by Gasteiger charge is -2.13. The molecule has 0 amide bonds. The third-order valence-electron chi connectivity index (χ3n) is 4.62. The number of benzene rings is 3. The third-order valence-corrected chi connectivity index (χ3v) is 4.62. The summed E-state index contributed by atoms with van der Waals surface area (Å²) >= 11 is 0. The minimum Gasteiger partial charge on any atom is -0.507 e. The summed E-state index contributed by atoms with van der Waals surface area (Å²) in [5, 5.41) is 10.7. The van der Waals surface area contributed by atoms with Gasteiger partial charge < -0.3 is 5.11 Å². The molecule has 1 nitrogen and oxygen atoms in total. The number of fused-ring (bicyclic) bond motifs is 3. The van der Waals surface area contributed by atoms with Crippen LogP contribution in [0.1, 0.15) is 16.7 Å². The van der Waals surface area contributed by atoms with Crippen molar-refractivity contribution in [3.63, 3.8) is 0 Å². The van der Waals surface area contributed by atoms with Gasteiger partial charge in [-0.15, -0.1) is 6.58 Å². The second-order valence-corrected chi connectivity index (χ2v) is 5.97. The number of hydrogen-bond donors (Lipinski definition) is 1. The highest BCUT2D eigenvalue weighted by Crippen LogP contribution is 2.43. The zero-order chi connectivity index (χ0) is 15.8. The summed E-state index contributed by atoms with van der Waals surface area (Å²) in [6.45, 7) is 3.77. The van der Waals surface area contributed by atoms with Gasteiger partial charge in [-0.3, -0.25) is 0 Å². The van der Waals surface area contributed by atoms with Crippen LogP contribution in [0.4, 0.5) is 0 Å². The third kappa shape index (κ3) is 2.17. The van der Waals surface area contributed by atoms with Crippen molar-refractivity contribution in [3.8, 4) is 28.0 Å². The zero-order valence-corrected chi connectivity index (χ0v) is 12.9. The fraction of sp³-hybridized carbons (Fsp3) is 0.0909. The van der Waals surface area contributed by atoms with Crippen molar-refractivity contribution in [2.45, 2.75) is 12.8 Å². The fourth-order valence-electron chi connectivity index (χ4n) is 3.54. The zero-order valence-electron chi connectivity index (χ0n) is 12.9. The molecule has 3 aromatic rings. The van der Waals surface area contributed by atoms with E-state index in [-0.39, 0.29) is 0 Å². The average Bonchev–Trinajstić information content (AvgIpc) is 2.96. The van der Waals surface area contributed by atoms with Crippen LogP contribution in [0.2, 0.25) is 0 Å². The Morgan fingerprint density at radius 3 is 2.30 bits per heavy atom. The lowest BCUT2D eigenvalue weighted by molar-refractivity contribution is 0.472. The first-order valence-corrected chi connectivity index (χ1v) is 7.92. The summed E-state index contributed by atoms with van der Waals surface area (Å²) in [6, 6.07) is 20.9. The summed E-state index contributed by atoms with van der Waals surface area (Å²) in [5.41, 5.74) is 8.22. The van der Waals surface area contributed by atoms with Gasteiger partial charge in [-0.1, -0.05) is 66.7 Å². The molecule has 112 valence electrons. The van der Waals surface area contributed by atoms with Gasteiger partial charge >= 0.3 is 0 Å². The summed E-state index contributed by atoms with van der Waals surface area (Å²) in [6.07, 6.45) is 3.42. The number of rotatable bonds is 3. The van der Waals surface area contributed by atoms with Crippen molar-refractivity contribution < 1.29 is 5.11 Å². The molecule has 23 heavy (non-hydrogen) atoms. The topological polar surface area (TPSA) is 20.2 Å². The molecule has 0 spiro atoms. The molecule has 0 atom stereocenters. The molecule has 0 unspecified atom stereocenters. The van der Waals surface area contributed by atoms with Crippen LogP contribution in [-0.4, -0.2) is 5.11 Å². The molecule has 4 rings (SSSR count). The maximum absolute atomic E-state index is 10.7. The van der Waals surface area contributed by atoms with Gasteiger partial charge in [0.1, 0.15) is 5.75 Å². The normalized spacial score (nSPS) is 11.8. The Morgan fingerprint density at radius 2 is 1.48 bits per heavy atom. The van der Waals surface area contributed by atoms with Crippen LogP contribution in [0.3, 0.4) is 0 Å². The molecule has 1 heteroatoms. The van der Waals surface area contributed by atoms with E-state index in [4.69, 9.17) is 0 Å². The van der Waals surface area contributed by atoms with E-state index in [1.54, 1.807) is 0 Å². The summed E-state index contributed by atoms with van der Waals surface area (Å²) in [7, 11) is 0.